The van der Waals surface area contributed by atoms with Crippen molar-refractivity contribution < 1.29 is 19.4 Å². The molecule has 1 N–H and O–H groups in total. The van der Waals surface area contributed by atoms with Gasteiger partial charge in [0.25, 0.3) is 5.82 Å². The van der Waals surface area contributed by atoms with E-state index in [1.165, 1.54) is 20.4 Å². The molecule has 0 aliphatic rings. The van der Waals surface area contributed by atoms with E-state index < -0.39 is 18.0 Å². The van der Waals surface area contributed by atoms with Crippen LogP contribution in [0.4, 0.5) is 0 Å². The van der Waals surface area contributed by atoms with Crippen LogP contribution in [0.5, 0.6) is 0 Å². The first-order valence-electron chi connectivity index (χ1n) is 3.78. The molecule has 0 bridgehead atoms. The zero-order valence-corrected chi connectivity index (χ0v) is 7.67. The third-order valence-electron chi connectivity index (χ3n) is 1.63. The second-order valence-electron chi connectivity index (χ2n) is 2.55. The first kappa shape index (κ1) is 10.2. The van der Waals surface area contributed by atoms with Crippen molar-refractivity contribution in [3.63, 3.8) is 0 Å². The van der Waals surface area contributed by atoms with Gasteiger partial charge in [-0.3, -0.25) is 0 Å². The first-order valence-corrected chi connectivity index (χ1v) is 3.78. The summed E-state index contributed by atoms with van der Waals surface area (Å²) in [5, 5.41) is 12.3. The molecule has 0 fully saturated rings. The topological polar surface area (TPSA) is 94.3 Å². The summed E-state index contributed by atoms with van der Waals surface area (Å²) < 4.78 is 5.44. The van der Waals surface area contributed by atoms with E-state index in [-0.39, 0.29) is 5.82 Å². The van der Waals surface area contributed by atoms with E-state index in [1.54, 1.807) is 0 Å². The molecule has 0 amide bonds. The van der Waals surface area contributed by atoms with Crippen molar-refractivity contribution in [1.82, 2.24) is 14.8 Å². The Hall–Kier alpha value is -1.92. The molecule has 0 spiro atoms. The third-order valence-corrected chi connectivity index (χ3v) is 1.63. The predicted octanol–water partition coefficient (Wildman–Crippen LogP) is -0.290. The number of aliphatic carboxylic acids is 1. The van der Waals surface area contributed by atoms with Gasteiger partial charge in [0.15, 0.2) is 0 Å². The van der Waals surface area contributed by atoms with E-state index in [0.29, 0.717) is 0 Å². The number of hydrogen-bond donors (Lipinski definition) is 1. The molecule has 1 rings (SSSR count). The molecule has 1 aromatic heterocycles. The summed E-state index contributed by atoms with van der Waals surface area (Å²) in [6, 6.07) is -0.860. The Morgan fingerprint density at radius 2 is 2.29 bits per heavy atom. The number of carboxylic acids is 1. The lowest BCUT2D eigenvalue weighted by Crippen LogP contribution is -2.16. The van der Waals surface area contributed by atoms with Gasteiger partial charge in [-0.25, -0.2) is 19.3 Å². The maximum absolute atomic E-state index is 10.9. The van der Waals surface area contributed by atoms with Gasteiger partial charge < -0.3 is 9.84 Å². The fourth-order valence-corrected chi connectivity index (χ4v) is 0.759. The normalized spacial score (nSPS) is 12.1. The lowest BCUT2D eigenvalue weighted by molar-refractivity contribution is -0.140. The van der Waals surface area contributed by atoms with Gasteiger partial charge in [-0.1, -0.05) is 0 Å². The van der Waals surface area contributed by atoms with E-state index in [4.69, 9.17) is 5.11 Å². The minimum atomic E-state index is -1.05. The molecule has 7 heteroatoms. The number of esters is 1. The van der Waals surface area contributed by atoms with E-state index >= 15 is 0 Å². The van der Waals surface area contributed by atoms with Crippen molar-refractivity contribution in [2.75, 3.05) is 7.11 Å². The monoisotopic (exact) mass is 199 g/mol. The zero-order valence-electron chi connectivity index (χ0n) is 7.67. The van der Waals surface area contributed by atoms with Crippen LogP contribution in [-0.4, -0.2) is 38.9 Å². The van der Waals surface area contributed by atoms with Gasteiger partial charge in [0.05, 0.1) is 7.11 Å². The van der Waals surface area contributed by atoms with Gasteiger partial charge in [0.2, 0.25) is 0 Å². The van der Waals surface area contributed by atoms with Gasteiger partial charge in [0.1, 0.15) is 12.4 Å². The lowest BCUT2D eigenvalue weighted by atomic mass is 10.4. The highest BCUT2D eigenvalue weighted by Gasteiger charge is 2.18. The van der Waals surface area contributed by atoms with Crippen LogP contribution in [-0.2, 0) is 9.53 Å². The maximum atomic E-state index is 10.9. The Balaban J connectivity index is 2.88. The first-order chi connectivity index (χ1) is 6.56. The van der Waals surface area contributed by atoms with Crippen LogP contribution in [0.3, 0.4) is 0 Å². The molecule has 0 saturated carbocycles. The smallest absolute Gasteiger partial charge is 0.377 e. The third kappa shape index (κ3) is 1.87. The van der Waals surface area contributed by atoms with Crippen LogP contribution >= 0.6 is 0 Å². The van der Waals surface area contributed by atoms with Crippen LogP contribution in [0.15, 0.2) is 6.33 Å². The molecule has 0 radical (unpaired) electrons. The molecule has 76 valence electrons. The summed E-state index contributed by atoms with van der Waals surface area (Å²) >= 11 is 0. The number of hydrogen-bond acceptors (Lipinski definition) is 5. The highest BCUT2D eigenvalue weighted by Crippen LogP contribution is 2.03. The van der Waals surface area contributed by atoms with Gasteiger partial charge in [0, 0.05) is 0 Å². The Bertz CT molecular complexity index is 360. The van der Waals surface area contributed by atoms with Gasteiger partial charge >= 0.3 is 11.9 Å². The molecule has 0 aliphatic carbocycles. The minimum absolute atomic E-state index is 0.152. The average Bonchev–Trinajstić information content (AvgIpc) is 2.64. The summed E-state index contributed by atoms with van der Waals surface area (Å²) in [5.74, 6) is -1.90. The molecule has 0 aliphatic heterocycles. The lowest BCUT2D eigenvalue weighted by Gasteiger charge is -2.03. The number of ether oxygens (including phenoxy) is 1. The zero-order chi connectivity index (χ0) is 10.7. The summed E-state index contributed by atoms with van der Waals surface area (Å²) in [6.07, 6.45) is 1.17. The highest BCUT2D eigenvalue weighted by molar-refractivity contribution is 5.84. The molecule has 0 aromatic carbocycles. The molecule has 0 unspecified atom stereocenters. The molecular weight excluding hydrogens is 190 g/mol. The second-order valence-corrected chi connectivity index (χ2v) is 2.55. The standard InChI is InChI=1S/C7H9N3O4/c1-4(6(11)12)10-3-8-5(9-10)7(13)14-2/h3-4H,1-2H3,(H,11,12)/t4-/m0/s1. The van der Waals surface area contributed by atoms with E-state index in [2.05, 4.69) is 14.8 Å². The molecule has 1 aromatic rings. The summed E-state index contributed by atoms with van der Waals surface area (Å²) in [4.78, 5) is 25.1. The Morgan fingerprint density at radius 3 is 2.79 bits per heavy atom. The minimum Gasteiger partial charge on any atom is -0.480 e. The van der Waals surface area contributed by atoms with Crippen molar-refractivity contribution in [2.45, 2.75) is 13.0 Å². The number of carboxylic acid groups (broad SMARTS) is 1. The van der Waals surface area contributed by atoms with Gasteiger partial charge in [-0.2, -0.15) is 0 Å². The molecule has 0 saturated heterocycles. The fourth-order valence-electron chi connectivity index (χ4n) is 0.759. The van der Waals surface area contributed by atoms with Gasteiger partial charge in [-0.15, -0.1) is 5.10 Å². The van der Waals surface area contributed by atoms with Gasteiger partial charge in [-0.05, 0) is 6.92 Å². The molecule has 1 atom stereocenters. The number of rotatable bonds is 3. The van der Waals surface area contributed by atoms with Crippen molar-refractivity contribution >= 4 is 11.9 Å². The second kappa shape index (κ2) is 3.86. The van der Waals surface area contributed by atoms with Crippen molar-refractivity contribution in [3.8, 4) is 0 Å². The average molecular weight is 199 g/mol. The molecule has 7 nitrogen and oxygen atoms in total. The molecule has 14 heavy (non-hydrogen) atoms. The van der Waals surface area contributed by atoms with Crippen LogP contribution in [0.2, 0.25) is 0 Å². The summed E-state index contributed by atoms with van der Waals surface area (Å²) in [7, 11) is 1.20. The van der Waals surface area contributed by atoms with E-state index in [0.717, 1.165) is 4.68 Å². The number of carbonyl (C=O) groups excluding carboxylic acids is 1. The Morgan fingerprint density at radius 1 is 1.64 bits per heavy atom. The van der Waals surface area contributed by atoms with E-state index in [1.807, 2.05) is 0 Å². The van der Waals surface area contributed by atoms with Crippen molar-refractivity contribution in [1.29, 1.82) is 0 Å². The van der Waals surface area contributed by atoms with Crippen LogP contribution < -0.4 is 0 Å². The van der Waals surface area contributed by atoms with Crippen LogP contribution in [0.25, 0.3) is 0 Å². The Kier molecular flexibility index (Phi) is 2.80. The van der Waals surface area contributed by atoms with Crippen LogP contribution in [0.1, 0.15) is 23.6 Å². The van der Waals surface area contributed by atoms with Crippen molar-refractivity contribution in [2.24, 2.45) is 0 Å². The number of methoxy groups -OCH3 is 1. The molecular formula is C7H9N3O4. The quantitative estimate of drug-likeness (QED) is 0.672. The number of aromatic nitrogens is 3. The SMILES string of the molecule is COC(=O)c1ncn([C@@H](C)C(=O)O)n1. The summed E-state index contributed by atoms with van der Waals surface area (Å²) in [6.45, 7) is 1.43. The number of nitrogens with zero attached hydrogens (tertiary/aromatic N) is 3. The molecule has 1 heterocycles. The summed E-state index contributed by atoms with van der Waals surface area (Å²) in [5.41, 5.74) is 0. The highest BCUT2D eigenvalue weighted by atomic mass is 16.5. The fraction of sp³-hybridized carbons (Fsp3) is 0.429. The van der Waals surface area contributed by atoms with Crippen LogP contribution in [0, 0.1) is 0 Å². The predicted molar refractivity (Wildman–Crippen MR) is 43.7 cm³/mol. The maximum Gasteiger partial charge on any atom is 0.377 e. The van der Waals surface area contributed by atoms with Crippen molar-refractivity contribution in [3.05, 3.63) is 12.2 Å². The Labute approximate surface area is 79.3 Å². The largest absolute Gasteiger partial charge is 0.480 e. The number of carbonyl (C=O) groups is 2. The van der Waals surface area contributed by atoms with E-state index in [9.17, 15) is 9.59 Å².